The van der Waals surface area contributed by atoms with E-state index in [1.807, 2.05) is 12.1 Å². The molecule has 0 fully saturated rings. The van der Waals surface area contributed by atoms with Crippen LogP contribution in [-0.4, -0.2) is 21.8 Å². The molecule has 0 aliphatic carbocycles. The Morgan fingerprint density at radius 2 is 2.09 bits per heavy atom. The highest BCUT2D eigenvalue weighted by molar-refractivity contribution is 6.09. The minimum Gasteiger partial charge on any atom is -0.366 e. The van der Waals surface area contributed by atoms with Crippen LogP contribution in [0.5, 0.6) is 0 Å². The predicted octanol–water partition coefficient (Wildman–Crippen LogP) is 2.45. The van der Waals surface area contributed by atoms with Gasteiger partial charge < -0.3 is 16.0 Å². The van der Waals surface area contributed by atoms with Crippen LogP contribution in [0.3, 0.4) is 0 Å². The van der Waals surface area contributed by atoms with Crippen LogP contribution >= 0.6 is 0 Å². The molecule has 0 aliphatic heterocycles. The molecule has 0 unspecified atom stereocenters. The SMILES string of the molecule is C=CC(=O)Nc1cncc(-c2ccc(C(N)=O)c3[nH]ccc23)c1. The molecule has 0 bridgehead atoms. The predicted molar refractivity (Wildman–Crippen MR) is 88.9 cm³/mol. The minimum absolute atomic E-state index is 0.306. The van der Waals surface area contributed by atoms with Crippen LogP contribution in [-0.2, 0) is 4.79 Å². The topological polar surface area (TPSA) is 101 Å². The number of H-pyrrole nitrogens is 1. The highest BCUT2D eigenvalue weighted by Gasteiger charge is 2.12. The van der Waals surface area contributed by atoms with Gasteiger partial charge in [-0.25, -0.2) is 0 Å². The van der Waals surface area contributed by atoms with E-state index in [-0.39, 0.29) is 5.91 Å². The normalized spacial score (nSPS) is 10.4. The molecule has 23 heavy (non-hydrogen) atoms. The number of rotatable bonds is 4. The number of pyridine rings is 1. The number of carbonyl (C=O) groups is 2. The zero-order valence-corrected chi connectivity index (χ0v) is 12.2. The van der Waals surface area contributed by atoms with Crippen molar-refractivity contribution in [3.63, 3.8) is 0 Å². The van der Waals surface area contributed by atoms with E-state index in [0.29, 0.717) is 16.8 Å². The summed E-state index contributed by atoms with van der Waals surface area (Å²) in [5.74, 6) is -0.797. The number of carbonyl (C=O) groups excluding carboxylic acids is 2. The number of anilines is 1. The lowest BCUT2D eigenvalue weighted by Gasteiger charge is -2.08. The van der Waals surface area contributed by atoms with Gasteiger partial charge in [0.15, 0.2) is 0 Å². The van der Waals surface area contributed by atoms with E-state index in [0.717, 1.165) is 16.5 Å². The van der Waals surface area contributed by atoms with Gasteiger partial charge in [-0.05, 0) is 29.8 Å². The van der Waals surface area contributed by atoms with Gasteiger partial charge in [-0.1, -0.05) is 12.6 Å². The molecule has 3 rings (SSSR count). The number of amides is 2. The van der Waals surface area contributed by atoms with Crippen molar-refractivity contribution in [2.24, 2.45) is 5.73 Å². The Labute approximate surface area is 132 Å². The maximum atomic E-state index is 11.5. The molecule has 2 aromatic heterocycles. The van der Waals surface area contributed by atoms with E-state index in [2.05, 4.69) is 21.9 Å². The first-order chi connectivity index (χ1) is 11.1. The van der Waals surface area contributed by atoms with Crippen LogP contribution < -0.4 is 11.1 Å². The third-order valence-electron chi connectivity index (χ3n) is 3.49. The van der Waals surface area contributed by atoms with Crippen molar-refractivity contribution >= 4 is 28.4 Å². The lowest BCUT2D eigenvalue weighted by atomic mass is 10.00. The summed E-state index contributed by atoms with van der Waals surface area (Å²) in [6, 6.07) is 7.16. The molecule has 0 saturated carbocycles. The zero-order valence-electron chi connectivity index (χ0n) is 12.2. The van der Waals surface area contributed by atoms with Gasteiger partial charge in [0.25, 0.3) is 5.91 Å². The van der Waals surface area contributed by atoms with Gasteiger partial charge in [0.2, 0.25) is 5.91 Å². The van der Waals surface area contributed by atoms with E-state index in [9.17, 15) is 9.59 Å². The van der Waals surface area contributed by atoms with E-state index in [4.69, 9.17) is 5.73 Å². The Morgan fingerprint density at radius 1 is 1.26 bits per heavy atom. The van der Waals surface area contributed by atoms with Crippen LogP contribution in [0, 0.1) is 0 Å². The Morgan fingerprint density at radius 3 is 2.83 bits per heavy atom. The molecule has 0 saturated heterocycles. The molecule has 0 radical (unpaired) electrons. The summed E-state index contributed by atoms with van der Waals surface area (Å²) in [6.45, 7) is 3.42. The Bertz CT molecular complexity index is 927. The highest BCUT2D eigenvalue weighted by atomic mass is 16.1. The van der Waals surface area contributed by atoms with Crippen LogP contribution in [0.2, 0.25) is 0 Å². The summed E-state index contributed by atoms with van der Waals surface area (Å²) in [7, 11) is 0. The lowest BCUT2D eigenvalue weighted by molar-refractivity contribution is -0.111. The molecule has 6 heteroatoms. The maximum absolute atomic E-state index is 11.5. The Balaban J connectivity index is 2.11. The monoisotopic (exact) mass is 306 g/mol. The molecule has 0 spiro atoms. The fraction of sp³-hybridized carbons (Fsp3) is 0. The largest absolute Gasteiger partial charge is 0.366 e. The molecular formula is C17H14N4O2. The number of nitrogens with one attached hydrogen (secondary N) is 2. The van der Waals surface area contributed by atoms with Gasteiger partial charge in [0.05, 0.1) is 23.0 Å². The Hall–Kier alpha value is -3.41. The molecule has 4 N–H and O–H groups in total. The zero-order chi connectivity index (χ0) is 16.4. The van der Waals surface area contributed by atoms with E-state index < -0.39 is 5.91 Å². The van der Waals surface area contributed by atoms with Crippen molar-refractivity contribution in [1.82, 2.24) is 9.97 Å². The molecule has 114 valence electrons. The van der Waals surface area contributed by atoms with Crippen molar-refractivity contribution in [3.8, 4) is 11.1 Å². The van der Waals surface area contributed by atoms with Crippen molar-refractivity contribution in [2.75, 3.05) is 5.32 Å². The maximum Gasteiger partial charge on any atom is 0.250 e. The minimum atomic E-state index is -0.492. The van der Waals surface area contributed by atoms with E-state index in [1.165, 1.54) is 6.08 Å². The third-order valence-corrected chi connectivity index (χ3v) is 3.49. The molecule has 1 aromatic carbocycles. The van der Waals surface area contributed by atoms with Gasteiger partial charge >= 0.3 is 0 Å². The van der Waals surface area contributed by atoms with Crippen molar-refractivity contribution in [1.29, 1.82) is 0 Å². The van der Waals surface area contributed by atoms with Gasteiger partial charge in [-0.2, -0.15) is 0 Å². The summed E-state index contributed by atoms with van der Waals surface area (Å²) in [6.07, 6.45) is 6.18. The molecule has 3 aromatic rings. The quantitative estimate of drug-likeness (QED) is 0.645. The van der Waals surface area contributed by atoms with Gasteiger partial charge in [-0.3, -0.25) is 14.6 Å². The van der Waals surface area contributed by atoms with Gasteiger partial charge in [0, 0.05) is 23.3 Å². The molecule has 2 heterocycles. The first kappa shape index (κ1) is 14.5. The van der Waals surface area contributed by atoms with Crippen LogP contribution in [0.1, 0.15) is 10.4 Å². The van der Waals surface area contributed by atoms with Gasteiger partial charge in [0.1, 0.15) is 0 Å². The second-order valence-corrected chi connectivity index (χ2v) is 4.95. The molecule has 0 atom stereocenters. The average molecular weight is 306 g/mol. The van der Waals surface area contributed by atoms with E-state index in [1.54, 1.807) is 30.7 Å². The van der Waals surface area contributed by atoms with Crippen molar-refractivity contribution in [2.45, 2.75) is 0 Å². The number of nitrogens with two attached hydrogens (primary N) is 1. The number of hydrogen-bond donors (Lipinski definition) is 3. The summed E-state index contributed by atoms with van der Waals surface area (Å²) in [5.41, 5.74) is 8.76. The number of primary amides is 1. The third kappa shape index (κ3) is 2.69. The van der Waals surface area contributed by atoms with Crippen LogP contribution in [0.15, 0.2) is 55.5 Å². The van der Waals surface area contributed by atoms with Crippen molar-refractivity contribution < 1.29 is 9.59 Å². The standard InChI is InChI=1S/C17H14N4O2/c1-2-15(22)21-11-7-10(8-19-9-11)12-3-4-14(17(18)23)16-13(12)5-6-20-16/h2-9,20H,1H2,(H2,18,23)(H,21,22). The first-order valence-corrected chi connectivity index (χ1v) is 6.89. The molecule has 0 aliphatic rings. The summed E-state index contributed by atoms with van der Waals surface area (Å²) in [5, 5.41) is 3.53. The summed E-state index contributed by atoms with van der Waals surface area (Å²) in [4.78, 5) is 30.1. The summed E-state index contributed by atoms with van der Waals surface area (Å²) >= 11 is 0. The van der Waals surface area contributed by atoms with Crippen molar-refractivity contribution in [3.05, 3.63) is 61.1 Å². The number of aromatic nitrogens is 2. The van der Waals surface area contributed by atoms with Crippen LogP contribution in [0.25, 0.3) is 22.0 Å². The molecule has 6 nitrogen and oxygen atoms in total. The number of benzene rings is 1. The lowest BCUT2D eigenvalue weighted by Crippen LogP contribution is -2.11. The second kappa shape index (κ2) is 5.76. The number of fused-ring (bicyclic) bond motifs is 1. The number of nitrogens with zero attached hydrogens (tertiary/aromatic N) is 1. The Kier molecular flexibility index (Phi) is 3.64. The number of hydrogen-bond acceptors (Lipinski definition) is 3. The first-order valence-electron chi connectivity index (χ1n) is 6.89. The molecule has 2 amide bonds. The fourth-order valence-electron chi connectivity index (χ4n) is 2.46. The second-order valence-electron chi connectivity index (χ2n) is 4.95. The summed E-state index contributed by atoms with van der Waals surface area (Å²) < 4.78 is 0. The smallest absolute Gasteiger partial charge is 0.250 e. The fourth-order valence-corrected chi connectivity index (χ4v) is 2.46. The molecular weight excluding hydrogens is 292 g/mol. The highest BCUT2D eigenvalue weighted by Crippen LogP contribution is 2.31. The average Bonchev–Trinajstić information content (AvgIpc) is 3.03. The van der Waals surface area contributed by atoms with Gasteiger partial charge in [-0.15, -0.1) is 0 Å². The van der Waals surface area contributed by atoms with E-state index >= 15 is 0 Å². The number of aromatic amines is 1. The van der Waals surface area contributed by atoms with Crippen LogP contribution in [0.4, 0.5) is 5.69 Å².